The van der Waals surface area contributed by atoms with Crippen molar-refractivity contribution in [3.8, 4) is 0 Å². The van der Waals surface area contributed by atoms with Gasteiger partial charge in [-0.1, -0.05) is 11.8 Å². The van der Waals surface area contributed by atoms with Crippen LogP contribution in [0.25, 0.3) is 0 Å². The lowest BCUT2D eigenvalue weighted by Gasteiger charge is -1.88. The van der Waals surface area contributed by atoms with E-state index in [0.29, 0.717) is 5.75 Å². The van der Waals surface area contributed by atoms with Gasteiger partial charge in [0.2, 0.25) is 0 Å². The molecule has 0 unspecified atom stereocenters. The van der Waals surface area contributed by atoms with E-state index in [0.717, 1.165) is 5.69 Å². The Bertz CT molecular complexity index is 208. The monoisotopic (exact) mass is 157 g/mol. The van der Waals surface area contributed by atoms with E-state index in [1.807, 2.05) is 0 Å². The van der Waals surface area contributed by atoms with Crippen LogP contribution in [0.15, 0.2) is 17.1 Å². The lowest BCUT2D eigenvalue weighted by atomic mass is 10.6. The van der Waals surface area contributed by atoms with Gasteiger partial charge in [-0.3, -0.25) is 4.79 Å². The summed E-state index contributed by atoms with van der Waals surface area (Å²) in [5, 5.41) is 0.100. The maximum absolute atomic E-state index is 10.4. The number of aromatic nitrogens is 1. The van der Waals surface area contributed by atoms with Gasteiger partial charge in [-0.25, -0.2) is 4.98 Å². The number of hydrogen-bond donors (Lipinski definition) is 0. The molecule has 4 heteroatoms. The van der Waals surface area contributed by atoms with Crippen LogP contribution in [0.2, 0.25) is 0 Å². The van der Waals surface area contributed by atoms with Crippen molar-refractivity contribution in [1.29, 1.82) is 0 Å². The van der Waals surface area contributed by atoms with Crippen LogP contribution in [0.4, 0.5) is 0 Å². The van der Waals surface area contributed by atoms with Crippen molar-refractivity contribution in [3.05, 3.63) is 18.4 Å². The van der Waals surface area contributed by atoms with E-state index in [-0.39, 0.29) is 5.12 Å². The Morgan fingerprint density at radius 3 is 3.20 bits per heavy atom. The van der Waals surface area contributed by atoms with Crippen molar-refractivity contribution in [2.24, 2.45) is 0 Å². The van der Waals surface area contributed by atoms with Crippen LogP contribution in [0.3, 0.4) is 0 Å². The Balaban J connectivity index is 2.35. The molecular weight excluding hydrogens is 150 g/mol. The lowest BCUT2D eigenvalue weighted by molar-refractivity contribution is -0.109. The zero-order valence-electron chi connectivity index (χ0n) is 5.53. The third-order valence-corrected chi connectivity index (χ3v) is 1.75. The van der Waals surface area contributed by atoms with Gasteiger partial charge in [0.05, 0.1) is 5.69 Å². The summed E-state index contributed by atoms with van der Waals surface area (Å²) in [6, 6.07) is 0. The second-order valence-corrected chi connectivity index (χ2v) is 2.91. The molecule has 54 valence electrons. The summed E-state index contributed by atoms with van der Waals surface area (Å²) in [5.41, 5.74) is 0.806. The Morgan fingerprint density at radius 1 is 1.90 bits per heavy atom. The molecule has 0 saturated heterocycles. The van der Waals surface area contributed by atoms with E-state index in [1.54, 1.807) is 0 Å². The zero-order chi connectivity index (χ0) is 7.40. The third kappa shape index (κ3) is 2.23. The first kappa shape index (κ1) is 7.34. The molecule has 1 aromatic heterocycles. The second-order valence-electron chi connectivity index (χ2n) is 1.76. The largest absolute Gasteiger partial charge is 0.451 e. The number of rotatable bonds is 2. The first-order valence-electron chi connectivity index (χ1n) is 2.79. The SMILES string of the molecule is CC(=O)SCc1cocn1. The molecule has 0 amide bonds. The van der Waals surface area contributed by atoms with Gasteiger partial charge in [-0.2, -0.15) is 0 Å². The highest BCUT2D eigenvalue weighted by atomic mass is 32.2. The molecule has 1 aromatic rings. The second kappa shape index (κ2) is 3.41. The first-order chi connectivity index (χ1) is 4.79. The molecule has 0 bridgehead atoms. The van der Waals surface area contributed by atoms with E-state index in [9.17, 15) is 4.79 Å². The highest BCUT2D eigenvalue weighted by Gasteiger charge is 1.98. The predicted octanol–water partition coefficient (Wildman–Crippen LogP) is 1.45. The molecule has 0 radical (unpaired) electrons. The minimum atomic E-state index is 0.100. The topological polar surface area (TPSA) is 43.1 Å². The average molecular weight is 157 g/mol. The van der Waals surface area contributed by atoms with Crippen LogP contribution in [-0.4, -0.2) is 10.1 Å². The number of nitrogens with zero attached hydrogens (tertiary/aromatic N) is 1. The highest BCUT2D eigenvalue weighted by Crippen LogP contribution is 2.09. The average Bonchev–Trinajstić information content (AvgIpc) is 2.34. The summed E-state index contributed by atoms with van der Waals surface area (Å²) in [6.07, 6.45) is 2.89. The van der Waals surface area contributed by atoms with Crippen LogP contribution in [0, 0.1) is 0 Å². The summed E-state index contributed by atoms with van der Waals surface area (Å²) < 4.78 is 4.71. The number of hydrogen-bond acceptors (Lipinski definition) is 4. The van der Waals surface area contributed by atoms with Crippen molar-refractivity contribution in [3.63, 3.8) is 0 Å². The highest BCUT2D eigenvalue weighted by molar-refractivity contribution is 8.12. The summed E-state index contributed by atoms with van der Waals surface area (Å²) >= 11 is 1.23. The third-order valence-electron chi connectivity index (χ3n) is 0.907. The van der Waals surface area contributed by atoms with Crippen molar-refractivity contribution in [2.45, 2.75) is 12.7 Å². The zero-order valence-corrected chi connectivity index (χ0v) is 6.35. The molecule has 1 rings (SSSR count). The fourth-order valence-electron chi connectivity index (χ4n) is 0.484. The van der Waals surface area contributed by atoms with Crippen LogP contribution >= 0.6 is 11.8 Å². The molecule has 1 heterocycles. The van der Waals surface area contributed by atoms with Crippen molar-refractivity contribution >= 4 is 16.9 Å². The molecule has 0 aromatic carbocycles. The summed E-state index contributed by atoms with van der Waals surface area (Å²) in [6.45, 7) is 1.53. The summed E-state index contributed by atoms with van der Waals surface area (Å²) in [5.74, 6) is 0.603. The van der Waals surface area contributed by atoms with Crippen LogP contribution in [-0.2, 0) is 10.5 Å². The number of oxazole rings is 1. The molecule has 10 heavy (non-hydrogen) atoms. The molecule has 0 aliphatic rings. The maximum Gasteiger partial charge on any atom is 0.186 e. The molecule has 3 nitrogen and oxygen atoms in total. The number of carbonyl (C=O) groups excluding carboxylic acids is 1. The molecule has 0 fully saturated rings. The van der Waals surface area contributed by atoms with E-state index < -0.39 is 0 Å². The predicted molar refractivity (Wildman–Crippen MR) is 38.5 cm³/mol. The number of thioether (sulfide) groups is 1. The van der Waals surface area contributed by atoms with Gasteiger partial charge < -0.3 is 4.42 Å². The van der Waals surface area contributed by atoms with E-state index >= 15 is 0 Å². The molecule has 0 spiro atoms. The normalized spacial score (nSPS) is 9.70. The van der Waals surface area contributed by atoms with Crippen molar-refractivity contribution in [2.75, 3.05) is 0 Å². The smallest absolute Gasteiger partial charge is 0.186 e. The summed E-state index contributed by atoms with van der Waals surface area (Å²) in [4.78, 5) is 14.3. The molecule has 0 aliphatic carbocycles. The van der Waals surface area contributed by atoms with Gasteiger partial charge in [-0.05, 0) is 0 Å². The Labute approximate surface area is 62.8 Å². The molecular formula is C6H7NO2S. The van der Waals surface area contributed by atoms with Crippen molar-refractivity contribution < 1.29 is 9.21 Å². The van der Waals surface area contributed by atoms with Crippen LogP contribution in [0.1, 0.15) is 12.6 Å². The van der Waals surface area contributed by atoms with Gasteiger partial charge in [0, 0.05) is 12.7 Å². The Hall–Kier alpha value is -0.770. The fourth-order valence-corrected chi connectivity index (χ4v) is 0.978. The van der Waals surface area contributed by atoms with Crippen molar-refractivity contribution in [1.82, 2.24) is 4.98 Å². The molecule has 0 saturated carbocycles. The first-order valence-corrected chi connectivity index (χ1v) is 3.78. The van der Waals surface area contributed by atoms with Gasteiger partial charge >= 0.3 is 0 Å². The Morgan fingerprint density at radius 2 is 2.70 bits per heavy atom. The summed E-state index contributed by atoms with van der Waals surface area (Å²) in [7, 11) is 0. The maximum atomic E-state index is 10.4. The van der Waals surface area contributed by atoms with E-state index in [4.69, 9.17) is 4.42 Å². The van der Waals surface area contributed by atoms with Gasteiger partial charge in [0.15, 0.2) is 11.5 Å². The minimum absolute atomic E-state index is 0.100. The van der Waals surface area contributed by atoms with Gasteiger partial charge in [-0.15, -0.1) is 0 Å². The molecule has 0 aliphatic heterocycles. The lowest BCUT2D eigenvalue weighted by Crippen LogP contribution is -1.84. The molecule has 0 atom stereocenters. The quantitative estimate of drug-likeness (QED) is 0.651. The van der Waals surface area contributed by atoms with Gasteiger partial charge in [0.25, 0.3) is 0 Å². The standard InChI is InChI=1S/C6H7NO2S/c1-5(8)10-3-6-2-9-4-7-6/h2,4H,3H2,1H3. The van der Waals surface area contributed by atoms with E-state index in [2.05, 4.69) is 4.98 Å². The van der Waals surface area contributed by atoms with E-state index in [1.165, 1.54) is 31.3 Å². The molecule has 0 N–H and O–H groups in total. The van der Waals surface area contributed by atoms with Gasteiger partial charge in [0.1, 0.15) is 6.26 Å². The van der Waals surface area contributed by atoms with Crippen LogP contribution in [0.5, 0.6) is 0 Å². The Kier molecular flexibility index (Phi) is 2.50. The number of carbonyl (C=O) groups is 1. The van der Waals surface area contributed by atoms with Crippen LogP contribution < -0.4 is 0 Å². The fraction of sp³-hybridized carbons (Fsp3) is 0.333. The minimum Gasteiger partial charge on any atom is -0.451 e.